The maximum atomic E-state index is 5.88. The van der Waals surface area contributed by atoms with Crippen LogP contribution in [0.1, 0.15) is 0 Å². The van der Waals surface area contributed by atoms with Crippen LogP contribution < -0.4 is 0 Å². The summed E-state index contributed by atoms with van der Waals surface area (Å²) in [6.45, 7) is 0. The average Bonchev–Trinajstić information content (AvgIpc) is 2.90. The number of pyridine rings is 5. The van der Waals surface area contributed by atoms with Crippen LogP contribution in [0.25, 0.3) is 44.6 Å². The summed E-state index contributed by atoms with van der Waals surface area (Å²) >= 11 is 5.88. The van der Waals surface area contributed by atoms with E-state index >= 15 is 0 Å². The van der Waals surface area contributed by atoms with Crippen molar-refractivity contribution < 1.29 is 20.4 Å². The minimum Gasteiger partial charge on any atom is -0.255 e. The van der Waals surface area contributed by atoms with Gasteiger partial charge >= 0.3 is 0 Å². The smallest absolute Gasteiger partial charge is 0.129 e. The zero-order chi connectivity index (χ0) is 22.5. The van der Waals surface area contributed by atoms with Crippen molar-refractivity contribution in [1.82, 2.24) is 24.9 Å². The number of hydrogen-bond donors (Lipinski definition) is 0. The van der Waals surface area contributed by atoms with Crippen LogP contribution in [0.4, 0.5) is 0 Å². The second kappa shape index (κ2) is 11.0. The Morgan fingerprint density at radius 2 is 1.00 bits per heavy atom. The van der Waals surface area contributed by atoms with Gasteiger partial charge in [0.05, 0.1) is 33.8 Å². The van der Waals surface area contributed by atoms with Crippen LogP contribution in [-0.2, 0) is 20.4 Å². The van der Waals surface area contributed by atoms with Gasteiger partial charge in [-0.2, -0.15) is 0 Å². The number of benzene rings is 1. The summed E-state index contributed by atoms with van der Waals surface area (Å²) < 4.78 is 0. The Labute approximate surface area is 215 Å². The third-order valence-electron chi connectivity index (χ3n) is 5.00. The summed E-state index contributed by atoms with van der Waals surface area (Å²) in [4.78, 5) is 21.8. The SMILES string of the molecule is Clc1ccc2ccc3cccnc3c2n1.[Pd].c1ccc(-c2cccc(-c3ccccn3)n2)nc1. The van der Waals surface area contributed by atoms with Crippen molar-refractivity contribution in [2.75, 3.05) is 0 Å². The maximum absolute atomic E-state index is 5.88. The topological polar surface area (TPSA) is 64.5 Å². The van der Waals surface area contributed by atoms with E-state index in [0.717, 1.165) is 44.6 Å². The van der Waals surface area contributed by atoms with E-state index in [1.165, 1.54) is 0 Å². The van der Waals surface area contributed by atoms with E-state index in [4.69, 9.17) is 11.6 Å². The van der Waals surface area contributed by atoms with Crippen molar-refractivity contribution in [3.63, 3.8) is 0 Å². The molecule has 0 bridgehead atoms. The van der Waals surface area contributed by atoms with E-state index in [-0.39, 0.29) is 20.4 Å². The van der Waals surface area contributed by atoms with Gasteiger partial charge in [-0.15, -0.1) is 0 Å². The summed E-state index contributed by atoms with van der Waals surface area (Å²) in [5.41, 5.74) is 5.22. The molecule has 0 saturated carbocycles. The molecule has 0 fully saturated rings. The van der Waals surface area contributed by atoms with Gasteiger partial charge in [0.1, 0.15) is 5.15 Å². The fourth-order valence-corrected chi connectivity index (χ4v) is 3.60. The monoisotopic (exact) mass is 553 g/mol. The van der Waals surface area contributed by atoms with E-state index < -0.39 is 0 Å². The number of nitrogens with zero attached hydrogens (tertiary/aromatic N) is 5. The molecular weight excluding hydrogens is 536 g/mol. The number of rotatable bonds is 2. The summed E-state index contributed by atoms with van der Waals surface area (Å²) in [5, 5.41) is 2.64. The second-order valence-corrected chi connectivity index (χ2v) is 7.57. The van der Waals surface area contributed by atoms with E-state index in [1.54, 1.807) is 24.7 Å². The van der Waals surface area contributed by atoms with Gasteiger partial charge in [-0.1, -0.05) is 48.0 Å². The van der Waals surface area contributed by atoms with Gasteiger partial charge in [0.15, 0.2) is 0 Å². The van der Waals surface area contributed by atoms with Crippen LogP contribution in [0.3, 0.4) is 0 Å². The third-order valence-corrected chi connectivity index (χ3v) is 5.21. The molecule has 5 nitrogen and oxygen atoms in total. The summed E-state index contributed by atoms with van der Waals surface area (Å²) in [6.07, 6.45) is 5.30. The Bertz CT molecular complexity index is 1470. The maximum Gasteiger partial charge on any atom is 0.129 e. The van der Waals surface area contributed by atoms with Crippen LogP contribution >= 0.6 is 11.6 Å². The first-order valence-corrected chi connectivity index (χ1v) is 10.8. The second-order valence-electron chi connectivity index (χ2n) is 7.18. The number of aromatic nitrogens is 5. The molecular formula is C27H18ClN5Pd. The van der Waals surface area contributed by atoms with Crippen molar-refractivity contribution in [3.05, 3.63) is 115 Å². The van der Waals surface area contributed by atoms with E-state index in [0.29, 0.717) is 5.15 Å². The zero-order valence-electron chi connectivity index (χ0n) is 17.8. The minimum absolute atomic E-state index is 0. The van der Waals surface area contributed by atoms with Crippen LogP contribution in [0.2, 0.25) is 5.15 Å². The Morgan fingerprint density at radius 3 is 1.62 bits per heavy atom. The van der Waals surface area contributed by atoms with Crippen molar-refractivity contribution in [2.24, 2.45) is 0 Å². The number of hydrogen-bond acceptors (Lipinski definition) is 5. The van der Waals surface area contributed by atoms with Gasteiger partial charge in [0, 0.05) is 49.8 Å². The molecule has 0 radical (unpaired) electrons. The normalized spacial score (nSPS) is 10.3. The molecule has 168 valence electrons. The summed E-state index contributed by atoms with van der Waals surface area (Å²) in [5.74, 6) is 0. The Kier molecular flexibility index (Phi) is 7.66. The third kappa shape index (κ3) is 5.32. The van der Waals surface area contributed by atoms with Crippen LogP contribution in [0.15, 0.2) is 110 Å². The standard InChI is InChI=1S/C15H11N3.C12H7ClN2.Pd/c1-3-10-16-12(6-1)14-8-5-9-15(18-14)13-7-2-4-11-17-13;13-10-6-5-9-4-3-8-2-1-7-14-11(8)12(9)15-10;/h1-11H;1-7H;. The summed E-state index contributed by atoms with van der Waals surface area (Å²) in [6, 6.07) is 29.2. The van der Waals surface area contributed by atoms with Crippen molar-refractivity contribution in [3.8, 4) is 22.8 Å². The molecule has 6 aromatic rings. The molecule has 0 aliphatic rings. The van der Waals surface area contributed by atoms with E-state index in [9.17, 15) is 0 Å². The fourth-order valence-electron chi connectivity index (χ4n) is 3.45. The summed E-state index contributed by atoms with van der Waals surface area (Å²) in [7, 11) is 0. The van der Waals surface area contributed by atoms with E-state index in [1.807, 2.05) is 84.9 Å². The Morgan fingerprint density at radius 1 is 0.441 bits per heavy atom. The van der Waals surface area contributed by atoms with Crippen LogP contribution in [0, 0.1) is 0 Å². The minimum atomic E-state index is 0. The van der Waals surface area contributed by atoms with Gasteiger partial charge in [-0.05, 0) is 54.6 Å². The van der Waals surface area contributed by atoms with Gasteiger partial charge < -0.3 is 0 Å². The molecule has 0 unspecified atom stereocenters. The molecule has 5 aromatic heterocycles. The molecule has 0 atom stereocenters. The van der Waals surface area contributed by atoms with Crippen molar-refractivity contribution in [1.29, 1.82) is 0 Å². The van der Waals surface area contributed by atoms with Gasteiger partial charge in [-0.3, -0.25) is 15.0 Å². The Hall–Kier alpha value is -3.56. The zero-order valence-corrected chi connectivity index (χ0v) is 20.1. The predicted molar refractivity (Wildman–Crippen MR) is 133 cm³/mol. The first-order chi connectivity index (χ1) is 16.3. The molecule has 6 rings (SSSR count). The molecule has 0 amide bonds. The quantitative estimate of drug-likeness (QED) is 0.137. The number of halogens is 1. The van der Waals surface area contributed by atoms with Gasteiger partial charge in [0.25, 0.3) is 0 Å². The molecule has 0 saturated heterocycles. The number of fused-ring (bicyclic) bond motifs is 3. The van der Waals surface area contributed by atoms with Gasteiger partial charge in [0.2, 0.25) is 0 Å². The van der Waals surface area contributed by atoms with Gasteiger partial charge in [-0.25, -0.2) is 9.97 Å². The molecule has 1 aromatic carbocycles. The molecule has 0 aliphatic heterocycles. The molecule has 34 heavy (non-hydrogen) atoms. The Balaban J connectivity index is 0.000000159. The molecule has 0 aliphatic carbocycles. The molecule has 0 spiro atoms. The van der Waals surface area contributed by atoms with Crippen LogP contribution in [0.5, 0.6) is 0 Å². The first kappa shape index (κ1) is 23.6. The average molecular weight is 554 g/mol. The fraction of sp³-hybridized carbons (Fsp3) is 0. The largest absolute Gasteiger partial charge is 0.255 e. The predicted octanol–water partition coefficient (Wildman–Crippen LogP) is 6.64. The van der Waals surface area contributed by atoms with Crippen LogP contribution in [-0.4, -0.2) is 24.9 Å². The molecule has 7 heteroatoms. The molecule has 0 N–H and O–H groups in total. The van der Waals surface area contributed by atoms with Crippen molar-refractivity contribution >= 4 is 33.4 Å². The van der Waals surface area contributed by atoms with E-state index in [2.05, 4.69) is 24.9 Å². The van der Waals surface area contributed by atoms with Crippen molar-refractivity contribution in [2.45, 2.75) is 0 Å². The first-order valence-electron chi connectivity index (χ1n) is 10.4. The molecule has 5 heterocycles.